The molecule has 0 saturated heterocycles. The number of nitrogens with zero attached hydrogens (tertiary/aromatic N) is 2. The van der Waals surface area contributed by atoms with Gasteiger partial charge in [0.1, 0.15) is 17.2 Å². The Morgan fingerprint density at radius 1 is 1.40 bits per heavy atom. The summed E-state index contributed by atoms with van der Waals surface area (Å²) in [7, 11) is 1.87. The predicted molar refractivity (Wildman–Crippen MR) is 67.4 cm³/mol. The van der Waals surface area contributed by atoms with Crippen molar-refractivity contribution < 1.29 is 0 Å². The zero-order valence-corrected chi connectivity index (χ0v) is 11.1. The van der Waals surface area contributed by atoms with Crippen LogP contribution in [0.1, 0.15) is 25.7 Å². The molecule has 0 atom stereocenters. The number of halogens is 1. The monoisotopic (exact) mass is 287 g/mol. The Morgan fingerprint density at radius 3 is 2.80 bits per heavy atom. The van der Waals surface area contributed by atoms with Gasteiger partial charge in [-0.2, -0.15) is 0 Å². The van der Waals surface area contributed by atoms with E-state index < -0.39 is 0 Å². The third-order valence-corrected chi connectivity index (χ3v) is 4.93. The lowest BCUT2D eigenvalue weighted by Crippen LogP contribution is -1.99. The Morgan fingerprint density at radius 2 is 2.13 bits per heavy atom. The highest BCUT2D eigenvalue weighted by molar-refractivity contribution is 9.10. The zero-order chi connectivity index (χ0) is 10.7. The van der Waals surface area contributed by atoms with E-state index in [4.69, 9.17) is 0 Å². The van der Waals surface area contributed by atoms with Gasteiger partial charge < -0.3 is 5.32 Å². The van der Waals surface area contributed by atoms with Gasteiger partial charge in [-0.3, -0.25) is 0 Å². The van der Waals surface area contributed by atoms with Crippen LogP contribution in [0.4, 0.5) is 5.82 Å². The maximum Gasteiger partial charge on any atom is 0.144 e. The van der Waals surface area contributed by atoms with Crippen molar-refractivity contribution in [3.05, 3.63) is 10.8 Å². The van der Waals surface area contributed by atoms with Crippen LogP contribution < -0.4 is 5.32 Å². The molecule has 1 aromatic rings. The number of anilines is 1. The molecule has 0 aliphatic heterocycles. The molecule has 0 bridgehead atoms. The van der Waals surface area contributed by atoms with Crippen molar-refractivity contribution in [1.82, 2.24) is 9.97 Å². The molecule has 1 aliphatic rings. The number of hydrogen-bond acceptors (Lipinski definition) is 4. The second-order valence-corrected chi connectivity index (χ2v) is 5.70. The lowest BCUT2D eigenvalue weighted by molar-refractivity contribution is 0.886. The van der Waals surface area contributed by atoms with Crippen LogP contribution in [-0.2, 0) is 0 Å². The number of hydrogen-bond donors (Lipinski definition) is 1. The van der Waals surface area contributed by atoms with E-state index in [2.05, 4.69) is 31.2 Å². The number of thioether (sulfide) groups is 1. The topological polar surface area (TPSA) is 37.8 Å². The first-order chi connectivity index (χ1) is 7.31. The molecule has 0 radical (unpaired) electrons. The van der Waals surface area contributed by atoms with Gasteiger partial charge >= 0.3 is 0 Å². The summed E-state index contributed by atoms with van der Waals surface area (Å²) in [5, 5.41) is 4.84. The molecule has 15 heavy (non-hydrogen) atoms. The van der Waals surface area contributed by atoms with Gasteiger partial charge in [0, 0.05) is 12.3 Å². The molecule has 0 spiro atoms. The summed E-state index contributed by atoms with van der Waals surface area (Å²) in [6, 6.07) is 0. The van der Waals surface area contributed by atoms with Crippen molar-refractivity contribution in [2.24, 2.45) is 0 Å². The van der Waals surface area contributed by atoms with E-state index in [1.807, 2.05) is 18.8 Å². The smallest absolute Gasteiger partial charge is 0.144 e. The van der Waals surface area contributed by atoms with Gasteiger partial charge in [-0.25, -0.2) is 9.97 Å². The molecular weight excluding hydrogens is 274 g/mol. The van der Waals surface area contributed by atoms with Crippen molar-refractivity contribution in [2.75, 3.05) is 12.4 Å². The summed E-state index contributed by atoms with van der Waals surface area (Å²) in [5.74, 6) is 0.866. The zero-order valence-electron chi connectivity index (χ0n) is 8.66. The van der Waals surface area contributed by atoms with E-state index in [-0.39, 0.29) is 0 Å². The molecule has 2 rings (SSSR count). The van der Waals surface area contributed by atoms with Crippen LogP contribution in [0, 0.1) is 0 Å². The average Bonchev–Trinajstić information content (AvgIpc) is 2.74. The minimum absolute atomic E-state index is 0.737. The summed E-state index contributed by atoms with van der Waals surface area (Å²) < 4.78 is 0.990. The van der Waals surface area contributed by atoms with E-state index >= 15 is 0 Å². The van der Waals surface area contributed by atoms with Crippen molar-refractivity contribution in [1.29, 1.82) is 0 Å². The van der Waals surface area contributed by atoms with Crippen molar-refractivity contribution in [3.8, 4) is 0 Å². The van der Waals surface area contributed by atoms with Crippen LogP contribution in [0.2, 0.25) is 0 Å². The van der Waals surface area contributed by atoms with E-state index in [0.717, 1.165) is 20.6 Å². The van der Waals surface area contributed by atoms with Gasteiger partial charge in [0.2, 0.25) is 0 Å². The second kappa shape index (κ2) is 5.16. The number of nitrogens with one attached hydrogen (secondary N) is 1. The Kier molecular flexibility index (Phi) is 3.86. The fourth-order valence-corrected chi connectivity index (χ4v) is 3.65. The van der Waals surface area contributed by atoms with Gasteiger partial charge in [0.05, 0.1) is 4.47 Å². The summed E-state index contributed by atoms with van der Waals surface area (Å²) in [5.41, 5.74) is 0. The quantitative estimate of drug-likeness (QED) is 0.866. The molecular formula is C10H14BrN3S. The highest BCUT2D eigenvalue weighted by Crippen LogP contribution is 2.38. The standard InChI is InChI=1S/C10H14BrN3S/c1-12-9-8(11)10(14-6-13-9)15-7-4-2-3-5-7/h6-7H,2-5H2,1H3,(H,12,13,14). The van der Waals surface area contributed by atoms with Crippen LogP contribution in [0.15, 0.2) is 15.8 Å². The maximum absolute atomic E-state index is 4.32. The van der Waals surface area contributed by atoms with E-state index in [0.29, 0.717) is 0 Å². The van der Waals surface area contributed by atoms with Gasteiger partial charge in [-0.1, -0.05) is 12.8 Å². The van der Waals surface area contributed by atoms with Crippen molar-refractivity contribution in [2.45, 2.75) is 36.0 Å². The van der Waals surface area contributed by atoms with Gasteiger partial charge in [0.25, 0.3) is 0 Å². The minimum Gasteiger partial charge on any atom is -0.372 e. The maximum atomic E-state index is 4.32. The molecule has 1 fully saturated rings. The Labute approximate surface area is 103 Å². The first kappa shape index (κ1) is 11.2. The average molecular weight is 288 g/mol. The molecule has 3 nitrogen and oxygen atoms in total. The van der Waals surface area contributed by atoms with Crippen LogP contribution >= 0.6 is 27.7 Å². The molecule has 5 heteroatoms. The molecule has 0 aromatic carbocycles. The first-order valence-corrected chi connectivity index (χ1v) is 6.83. The predicted octanol–water partition coefficient (Wildman–Crippen LogP) is 3.32. The van der Waals surface area contributed by atoms with Crippen LogP contribution in [0.25, 0.3) is 0 Å². The van der Waals surface area contributed by atoms with E-state index in [1.54, 1.807) is 6.33 Å². The fraction of sp³-hybridized carbons (Fsp3) is 0.600. The SMILES string of the molecule is CNc1ncnc(SC2CCCC2)c1Br. The third kappa shape index (κ3) is 2.64. The van der Waals surface area contributed by atoms with Gasteiger partial charge in [-0.05, 0) is 28.8 Å². The molecule has 0 unspecified atom stereocenters. The summed E-state index contributed by atoms with van der Waals surface area (Å²) >= 11 is 5.41. The van der Waals surface area contributed by atoms with Crippen molar-refractivity contribution in [3.63, 3.8) is 0 Å². The molecule has 1 aliphatic carbocycles. The number of rotatable bonds is 3. The molecule has 82 valence electrons. The van der Waals surface area contributed by atoms with Gasteiger partial charge in [0.15, 0.2) is 0 Å². The highest BCUT2D eigenvalue weighted by atomic mass is 79.9. The first-order valence-electron chi connectivity index (χ1n) is 5.16. The van der Waals surface area contributed by atoms with E-state index in [9.17, 15) is 0 Å². The summed E-state index contributed by atoms with van der Waals surface area (Å²) in [6.07, 6.45) is 6.97. The summed E-state index contributed by atoms with van der Waals surface area (Å²) in [4.78, 5) is 8.46. The van der Waals surface area contributed by atoms with Crippen molar-refractivity contribution >= 4 is 33.5 Å². The molecule has 0 amide bonds. The van der Waals surface area contributed by atoms with Crippen LogP contribution in [-0.4, -0.2) is 22.3 Å². The highest BCUT2D eigenvalue weighted by Gasteiger charge is 2.19. The normalized spacial score (nSPS) is 16.9. The lowest BCUT2D eigenvalue weighted by Gasteiger charge is -2.10. The Balaban J connectivity index is 2.13. The van der Waals surface area contributed by atoms with Crippen LogP contribution in [0.5, 0.6) is 0 Å². The Bertz CT molecular complexity index is 339. The number of aromatic nitrogens is 2. The molecule has 1 saturated carbocycles. The molecule has 1 N–H and O–H groups in total. The molecule has 1 heterocycles. The van der Waals surface area contributed by atoms with Crippen LogP contribution in [0.3, 0.4) is 0 Å². The Hall–Kier alpha value is -0.290. The minimum atomic E-state index is 0.737. The fourth-order valence-electron chi connectivity index (χ4n) is 1.77. The largest absolute Gasteiger partial charge is 0.372 e. The van der Waals surface area contributed by atoms with Gasteiger partial charge in [-0.15, -0.1) is 11.8 Å². The second-order valence-electron chi connectivity index (χ2n) is 3.62. The molecule has 1 aromatic heterocycles. The van der Waals surface area contributed by atoms with E-state index in [1.165, 1.54) is 25.7 Å². The lowest BCUT2D eigenvalue weighted by atomic mass is 10.4. The third-order valence-electron chi connectivity index (χ3n) is 2.57. The summed E-state index contributed by atoms with van der Waals surface area (Å²) in [6.45, 7) is 0.